The molecular weight excluding hydrogens is 460 g/mol. The third-order valence-corrected chi connectivity index (χ3v) is 8.78. The molecule has 1 saturated heterocycles. The van der Waals surface area contributed by atoms with E-state index in [4.69, 9.17) is 4.99 Å². The number of allylic oxidation sites excluding steroid dienone is 2. The molecule has 0 spiro atoms. The first-order valence-electron chi connectivity index (χ1n) is 13.9. The SMILES string of the molecule is O=C(Nc1ccccc1)N[C@@H]1CCCC[C@@H]1C(=O)N1CC[C@@H]2[C@H](c3ccccc3)N=C3C=CCCC3[C@@H]21. The van der Waals surface area contributed by atoms with Crippen molar-refractivity contribution in [3.05, 3.63) is 78.4 Å². The third kappa shape index (κ3) is 4.81. The summed E-state index contributed by atoms with van der Waals surface area (Å²) in [4.78, 5) is 34.5. The Balaban J connectivity index is 1.22. The zero-order valence-electron chi connectivity index (χ0n) is 21.3. The van der Waals surface area contributed by atoms with Crippen molar-refractivity contribution in [3.8, 4) is 0 Å². The number of aliphatic imine (C=N–C) groups is 1. The number of anilines is 1. The minimum absolute atomic E-state index is 0.0925. The summed E-state index contributed by atoms with van der Waals surface area (Å²) in [6.07, 6.45) is 11.2. The minimum Gasteiger partial charge on any atom is -0.338 e. The maximum absolute atomic E-state index is 14.2. The molecule has 2 N–H and O–H groups in total. The van der Waals surface area contributed by atoms with Crippen LogP contribution in [0.5, 0.6) is 0 Å². The molecule has 6 rings (SSSR count). The van der Waals surface area contributed by atoms with Crippen molar-refractivity contribution in [1.29, 1.82) is 0 Å². The van der Waals surface area contributed by atoms with E-state index in [-0.39, 0.29) is 36.0 Å². The largest absolute Gasteiger partial charge is 0.338 e. The number of fused-ring (bicyclic) bond motifs is 3. The summed E-state index contributed by atoms with van der Waals surface area (Å²) in [5.74, 6) is 0.686. The number of hydrogen-bond acceptors (Lipinski definition) is 3. The van der Waals surface area contributed by atoms with Crippen molar-refractivity contribution in [1.82, 2.24) is 10.2 Å². The number of rotatable bonds is 4. The van der Waals surface area contributed by atoms with E-state index in [0.29, 0.717) is 11.8 Å². The van der Waals surface area contributed by atoms with Crippen LogP contribution < -0.4 is 10.6 Å². The lowest BCUT2D eigenvalue weighted by Crippen LogP contribution is -2.55. The summed E-state index contributed by atoms with van der Waals surface area (Å²) >= 11 is 0. The van der Waals surface area contributed by atoms with Crippen LogP contribution in [-0.4, -0.2) is 41.2 Å². The number of urea groups is 1. The molecule has 2 fully saturated rings. The van der Waals surface area contributed by atoms with Gasteiger partial charge < -0.3 is 15.5 Å². The summed E-state index contributed by atoms with van der Waals surface area (Å²) in [6.45, 7) is 0.778. The molecule has 6 nitrogen and oxygen atoms in total. The number of likely N-dealkylation sites (tertiary alicyclic amines) is 1. The van der Waals surface area contributed by atoms with Crippen LogP contribution in [-0.2, 0) is 4.79 Å². The number of carbonyl (C=O) groups is 2. The Morgan fingerprint density at radius 3 is 2.46 bits per heavy atom. The van der Waals surface area contributed by atoms with Crippen LogP contribution in [0.15, 0.2) is 77.8 Å². The van der Waals surface area contributed by atoms with Crippen LogP contribution in [0.4, 0.5) is 10.5 Å². The van der Waals surface area contributed by atoms with Gasteiger partial charge in [-0.25, -0.2) is 4.79 Å². The second-order valence-electron chi connectivity index (χ2n) is 10.9. The molecular formula is C31H36N4O2. The van der Waals surface area contributed by atoms with Gasteiger partial charge in [-0.1, -0.05) is 67.4 Å². The van der Waals surface area contributed by atoms with Crippen molar-refractivity contribution in [3.63, 3.8) is 0 Å². The first-order chi connectivity index (χ1) is 18.2. The Hall–Kier alpha value is -3.41. The van der Waals surface area contributed by atoms with Gasteiger partial charge in [0.25, 0.3) is 0 Å². The highest BCUT2D eigenvalue weighted by Crippen LogP contribution is 2.47. The standard InChI is InChI=1S/C31H36N4O2/c36-30(24-16-8-10-18-27(24)34-31(37)32-22-13-5-2-6-14-22)35-20-19-25-28(21-11-3-1-4-12-21)33-26-17-9-7-15-23(26)29(25)35/h1-6,9,11-14,17,23-25,27-29H,7-8,10,15-16,18-20H2,(H2,32,34,37)/t23?,24-,25+,27+,28-,29-/m0/s1. The average molecular weight is 497 g/mol. The molecule has 2 heterocycles. The van der Waals surface area contributed by atoms with Gasteiger partial charge in [-0.05, 0) is 55.9 Å². The fourth-order valence-electron chi connectivity index (χ4n) is 7.09. The number of hydrogen-bond donors (Lipinski definition) is 2. The second-order valence-corrected chi connectivity index (χ2v) is 10.9. The van der Waals surface area contributed by atoms with E-state index in [2.05, 4.69) is 58.0 Å². The fourth-order valence-corrected chi connectivity index (χ4v) is 7.09. The minimum atomic E-state index is -0.233. The number of benzene rings is 2. The highest BCUT2D eigenvalue weighted by Gasteiger charge is 2.51. The first kappa shape index (κ1) is 24.0. The van der Waals surface area contributed by atoms with Crippen LogP contribution in [0.25, 0.3) is 0 Å². The Bertz CT molecular complexity index is 1180. The molecule has 2 aromatic carbocycles. The maximum Gasteiger partial charge on any atom is 0.319 e. The molecule has 192 valence electrons. The topological polar surface area (TPSA) is 73.8 Å². The maximum atomic E-state index is 14.2. The van der Waals surface area contributed by atoms with E-state index in [0.717, 1.165) is 62.9 Å². The molecule has 2 aliphatic heterocycles. The Kier molecular flexibility index (Phi) is 6.81. The zero-order chi connectivity index (χ0) is 25.2. The van der Waals surface area contributed by atoms with Gasteiger partial charge in [-0.3, -0.25) is 9.79 Å². The van der Waals surface area contributed by atoms with Crippen molar-refractivity contribution in [2.75, 3.05) is 11.9 Å². The molecule has 4 aliphatic rings. The quantitative estimate of drug-likeness (QED) is 0.566. The Labute approximate surface area is 219 Å². The molecule has 1 unspecified atom stereocenters. The number of para-hydroxylation sites is 1. The van der Waals surface area contributed by atoms with E-state index in [1.165, 1.54) is 5.56 Å². The highest BCUT2D eigenvalue weighted by atomic mass is 16.2. The molecule has 37 heavy (non-hydrogen) atoms. The second kappa shape index (κ2) is 10.5. The molecule has 2 aliphatic carbocycles. The Morgan fingerprint density at radius 1 is 0.892 bits per heavy atom. The number of carbonyl (C=O) groups excluding carboxylic acids is 2. The van der Waals surface area contributed by atoms with E-state index >= 15 is 0 Å². The van der Waals surface area contributed by atoms with Crippen molar-refractivity contribution in [2.45, 2.75) is 63.1 Å². The monoisotopic (exact) mass is 496 g/mol. The molecule has 6 heteroatoms. The molecule has 6 atom stereocenters. The number of amides is 3. The molecule has 1 saturated carbocycles. The zero-order valence-corrected chi connectivity index (χ0v) is 21.3. The van der Waals surface area contributed by atoms with Gasteiger partial charge in [0.2, 0.25) is 5.91 Å². The molecule has 0 bridgehead atoms. The van der Waals surface area contributed by atoms with Crippen LogP contribution in [0.1, 0.15) is 56.6 Å². The number of nitrogens with zero attached hydrogens (tertiary/aromatic N) is 2. The Morgan fingerprint density at radius 2 is 1.65 bits per heavy atom. The first-order valence-corrected chi connectivity index (χ1v) is 13.9. The highest BCUT2D eigenvalue weighted by molar-refractivity contribution is 5.99. The van der Waals surface area contributed by atoms with Gasteiger partial charge in [-0.15, -0.1) is 0 Å². The summed E-state index contributed by atoms with van der Waals surface area (Å²) in [5.41, 5.74) is 3.15. The van der Waals surface area contributed by atoms with Gasteiger partial charge in [0.15, 0.2) is 0 Å². The normalized spacial score (nSPS) is 30.6. The summed E-state index contributed by atoms with van der Waals surface area (Å²) in [7, 11) is 0. The van der Waals surface area contributed by atoms with E-state index in [1.807, 2.05) is 30.3 Å². The molecule has 0 aromatic heterocycles. The van der Waals surface area contributed by atoms with Crippen LogP contribution in [0.3, 0.4) is 0 Å². The summed E-state index contributed by atoms with van der Waals surface area (Å²) in [5, 5.41) is 6.08. The van der Waals surface area contributed by atoms with Gasteiger partial charge in [-0.2, -0.15) is 0 Å². The molecule has 3 amide bonds. The van der Waals surface area contributed by atoms with Crippen molar-refractivity contribution >= 4 is 23.3 Å². The van der Waals surface area contributed by atoms with Gasteiger partial charge in [0.1, 0.15) is 0 Å². The lowest BCUT2D eigenvalue weighted by Gasteiger charge is -2.44. The lowest BCUT2D eigenvalue weighted by atomic mass is 9.73. The van der Waals surface area contributed by atoms with Gasteiger partial charge >= 0.3 is 6.03 Å². The van der Waals surface area contributed by atoms with E-state index < -0.39 is 0 Å². The van der Waals surface area contributed by atoms with Crippen molar-refractivity contribution in [2.24, 2.45) is 22.7 Å². The number of nitrogens with one attached hydrogen (secondary N) is 2. The third-order valence-electron chi connectivity index (χ3n) is 8.78. The van der Waals surface area contributed by atoms with Gasteiger partial charge in [0.05, 0.1) is 12.0 Å². The molecule has 0 radical (unpaired) electrons. The average Bonchev–Trinajstić information content (AvgIpc) is 3.39. The lowest BCUT2D eigenvalue weighted by molar-refractivity contribution is -0.139. The van der Waals surface area contributed by atoms with E-state index in [9.17, 15) is 9.59 Å². The summed E-state index contributed by atoms with van der Waals surface area (Å²) < 4.78 is 0. The van der Waals surface area contributed by atoms with Crippen LogP contribution in [0, 0.1) is 17.8 Å². The van der Waals surface area contributed by atoms with Gasteiger partial charge in [0, 0.05) is 41.9 Å². The van der Waals surface area contributed by atoms with E-state index in [1.54, 1.807) is 0 Å². The smallest absolute Gasteiger partial charge is 0.319 e. The van der Waals surface area contributed by atoms with Crippen LogP contribution in [0.2, 0.25) is 0 Å². The summed E-state index contributed by atoms with van der Waals surface area (Å²) in [6, 6.07) is 19.9. The molecule has 2 aromatic rings. The predicted molar refractivity (Wildman–Crippen MR) is 146 cm³/mol. The fraction of sp³-hybridized carbons (Fsp3) is 0.452. The van der Waals surface area contributed by atoms with Crippen LogP contribution >= 0.6 is 0 Å². The van der Waals surface area contributed by atoms with Crippen molar-refractivity contribution < 1.29 is 9.59 Å². The predicted octanol–water partition coefficient (Wildman–Crippen LogP) is 5.75.